The normalized spacial score (nSPS) is 21.2. The highest BCUT2D eigenvalue weighted by Crippen LogP contribution is 2.38. The van der Waals surface area contributed by atoms with Gasteiger partial charge < -0.3 is 14.4 Å². The topological polar surface area (TPSA) is 72.0 Å². The number of thiazole rings is 1. The van der Waals surface area contributed by atoms with Crippen LogP contribution < -0.4 is 14.4 Å². The number of rotatable bonds is 4. The van der Waals surface area contributed by atoms with Crippen LogP contribution in [0.15, 0.2) is 23.6 Å². The summed E-state index contributed by atoms with van der Waals surface area (Å²) in [4.78, 5) is 33.3. The van der Waals surface area contributed by atoms with Gasteiger partial charge in [0, 0.05) is 31.3 Å². The summed E-state index contributed by atoms with van der Waals surface area (Å²) in [5.74, 6) is 1.74. The van der Waals surface area contributed by atoms with E-state index in [0.717, 1.165) is 61.5 Å². The minimum absolute atomic E-state index is 0.0490. The van der Waals surface area contributed by atoms with E-state index in [9.17, 15) is 9.59 Å². The molecule has 158 valence electrons. The average Bonchev–Trinajstić information content (AvgIpc) is 3.46. The van der Waals surface area contributed by atoms with Gasteiger partial charge in [0.25, 0.3) is 0 Å². The summed E-state index contributed by atoms with van der Waals surface area (Å²) in [6, 6.07) is 6.07. The zero-order valence-corrected chi connectivity index (χ0v) is 17.7. The van der Waals surface area contributed by atoms with Crippen molar-refractivity contribution in [3.63, 3.8) is 0 Å². The first-order valence-electron chi connectivity index (χ1n) is 10.6. The number of carbonyl (C=O) groups excluding carboxylic acids is 2. The lowest BCUT2D eigenvalue weighted by Crippen LogP contribution is -2.32. The van der Waals surface area contributed by atoms with E-state index >= 15 is 0 Å². The van der Waals surface area contributed by atoms with Crippen LogP contribution in [0.3, 0.4) is 0 Å². The van der Waals surface area contributed by atoms with Crippen LogP contribution in [0, 0.1) is 0 Å². The fourth-order valence-electron chi connectivity index (χ4n) is 4.41. The van der Waals surface area contributed by atoms with Gasteiger partial charge in [-0.05, 0) is 37.0 Å². The highest BCUT2D eigenvalue weighted by Gasteiger charge is 2.31. The molecule has 3 aliphatic rings. The smallest absolute Gasteiger partial charge is 0.229 e. The van der Waals surface area contributed by atoms with Crippen molar-refractivity contribution < 1.29 is 19.1 Å². The molecule has 1 aromatic carbocycles. The predicted molar refractivity (Wildman–Crippen MR) is 113 cm³/mol. The molecule has 0 bridgehead atoms. The molecule has 8 heteroatoms. The fourth-order valence-corrected chi connectivity index (χ4v) is 5.28. The highest BCUT2D eigenvalue weighted by atomic mass is 32.1. The number of hydrogen-bond acceptors (Lipinski definition) is 6. The predicted octanol–water partition coefficient (Wildman–Crippen LogP) is 3.34. The zero-order valence-electron chi connectivity index (χ0n) is 16.8. The van der Waals surface area contributed by atoms with Gasteiger partial charge in [-0.1, -0.05) is 6.07 Å². The van der Waals surface area contributed by atoms with Crippen molar-refractivity contribution in [3.05, 3.63) is 34.8 Å². The van der Waals surface area contributed by atoms with E-state index in [1.54, 1.807) is 4.90 Å². The zero-order chi connectivity index (χ0) is 20.5. The molecular weight excluding hydrogens is 402 g/mol. The molecule has 7 nitrogen and oxygen atoms in total. The lowest BCUT2D eigenvalue weighted by atomic mass is 10.0. The van der Waals surface area contributed by atoms with E-state index in [1.165, 1.54) is 11.3 Å². The van der Waals surface area contributed by atoms with Gasteiger partial charge in [-0.2, -0.15) is 0 Å². The summed E-state index contributed by atoms with van der Waals surface area (Å²) in [6.07, 6.45) is 4.51. The first-order valence-corrected chi connectivity index (χ1v) is 11.5. The monoisotopic (exact) mass is 427 g/mol. The second-order valence-corrected chi connectivity index (χ2v) is 8.79. The molecule has 1 unspecified atom stereocenters. The van der Waals surface area contributed by atoms with E-state index in [1.807, 2.05) is 28.5 Å². The van der Waals surface area contributed by atoms with E-state index in [0.29, 0.717) is 24.8 Å². The number of aromatic nitrogens is 1. The first kappa shape index (κ1) is 19.4. The molecule has 0 saturated carbocycles. The van der Waals surface area contributed by atoms with Gasteiger partial charge in [0.2, 0.25) is 11.8 Å². The van der Waals surface area contributed by atoms with Gasteiger partial charge >= 0.3 is 0 Å². The molecule has 2 saturated heterocycles. The first-order chi connectivity index (χ1) is 14.7. The molecule has 0 radical (unpaired) electrons. The van der Waals surface area contributed by atoms with Gasteiger partial charge in [-0.3, -0.25) is 14.5 Å². The van der Waals surface area contributed by atoms with Crippen molar-refractivity contribution in [3.8, 4) is 11.5 Å². The van der Waals surface area contributed by atoms with Crippen LogP contribution in [0.25, 0.3) is 0 Å². The number of likely N-dealkylation sites (tertiary alicyclic amines) is 1. The van der Waals surface area contributed by atoms with Crippen LogP contribution in [0.1, 0.15) is 49.4 Å². The fraction of sp³-hybridized carbons (Fsp3) is 0.500. The van der Waals surface area contributed by atoms with Gasteiger partial charge in [0.1, 0.15) is 0 Å². The van der Waals surface area contributed by atoms with Crippen molar-refractivity contribution in [2.45, 2.75) is 44.6 Å². The Morgan fingerprint density at radius 1 is 1.13 bits per heavy atom. The Kier molecular flexibility index (Phi) is 5.33. The van der Waals surface area contributed by atoms with Gasteiger partial charge in [0.05, 0.1) is 31.4 Å². The molecule has 2 amide bonds. The van der Waals surface area contributed by atoms with Crippen molar-refractivity contribution in [1.29, 1.82) is 0 Å². The Morgan fingerprint density at radius 2 is 2.00 bits per heavy atom. The minimum atomic E-state index is 0.0490. The Labute approximate surface area is 179 Å². The van der Waals surface area contributed by atoms with Gasteiger partial charge in [-0.15, -0.1) is 11.3 Å². The summed E-state index contributed by atoms with van der Waals surface area (Å²) < 4.78 is 11.6. The van der Waals surface area contributed by atoms with Gasteiger partial charge in [0.15, 0.2) is 16.6 Å². The number of carbonyl (C=O) groups is 2. The number of benzene rings is 1. The second-order valence-electron chi connectivity index (χ2n) is 7.95. The standard InChI is InChI=1S/C22H25N3O4S/c26-20-5-2-9-25(20)22-23-16(14-30-22)13-21(27)24-8-1-4-17(24)15-6-7-18-19(12-15)29-11-3-10-28-18/h6-7,12,14,17H,1-5,8-11,13H2. The molecule has 0 aliphatic carbocycles. The number of hydrogen-bond donors (Lipinski definition) is 0. The summed E-state index contributed by atoms with van der Waals surface area (Å²) in [5.41, 5.74) is 1.83. The minimum Gasteiger partial charge on any atom is -0.490 e. The molecule has 2 aromatic rings. The van der Waals surface area contributed by atoms with Crippen LogP contribution in [0.4, 0.5) is 5.13 Å². The molecule has 0 spiro atoms. The third kappa shape index (κ3) is 3.76. The molecule has 4 heterocycles. The van der Waals surface area contributed by atoms with Crippen molar-refractivity contribution in [1.82, 2.24) is 9.88 Å². The van der Waals surface area contributed by atoms with Crippen molar-refractivity contribution in [2.75, 3.05) is 31.2 Å². The summed E-state index contributed by atoms with van der Waals surface area (Å²) in [6.45, 7) is 2.78. The van der Waals surface area contributed by atoms with Crippen molar-refractivity contribution >= 4 is 28.3 Å². The third-order valence-electron chi connectivity index (χ3n) is 5.91. The van der Waals surface area contributed by atoms with Crippen molar-refractivity contribution in [2.24, 2.45) is 0 Å². The van der Waals surface area contributed by atoms with E-state index in [4.69, 9.17) is 9.47 Å². The molecule has 0 N–H and O–H groups in total. The maximum absolute atomic E-state index is 13.1. The molecule has 3 aliphatic heterocycles. The third-order valence-corrected chi connectivity index (χ3v) is 6.82. The summed E-state index contributed by atoms with van der Waals surface area (Å²) >= 11 is 1.44. The van der Waals surface area contributed by atoms with Crippen LogP contribution in [0.2, 0.25) is 0 Å². The Bertz CT molecular complexity index is 960. The van der Waals surface area contributed by atoms with E-state index < -0.39 is 0 Å². The van der Waals surface area contributed by atoms with Gasteiger partial charge in [-0.25, -0.2) is 4.98 Å². The van der Waals surface area contributed by atoms with E-state index in [2.05, 4.69) is 4.98 Å². The van der Waals surface area contributed by atoms with E-state index in [-0.39, 0.29) is 24.3 Å². The lowest BCUT2D eigenvalue weighted by Gasteiger charge is -2.25. The maximum Gasteiger partial charge on any atom is 0.229 e. The van der Waals surface area contributed by atoms with Crippen LogP contribution in [-0.4, -0.2) is 48.0 Å². The molecular formula is C22H25N3O4S. The van der Waals surface area contributed by atoms with Crippen LogP contribution in [0.5, 0.6) is 11.5 Å². The molecule has 30 heavy (non-hydrogen) atoms. The summed E-state index contributed by atoms with van der Waals surface area (Å²) in [5, 5.41) is 2.61. The van der Waals surface area contributed by atoms with Crippen LogP contribution >= 0.6 is 11.3 Å². The molecule has 2 fully saturated rings. The number of amides is 2. The SMILES string of the molecule is O=C1CCCN1c1nc(CC(=O)N2CCCC2c2ccc3c(c2)OCCCO3)cs1. The number of fused-ring (bicyclic) bond motifs is 1. The quantitative estimate of drug-likeness (QED) is 0.748. The molecule has 1 atom stereocenters. The highest BCUT2D eigenvalue weighted by molar-refractivity contribution is 7.14. The summed E-state index contributed by atoms with van der Waals surface area (Å²) in [7, 11) is 0. The second kappa shape index (κ2) is 8.26. The Balaban J connectivity index is 1.29. The number of nitrogens with zero attached hydrogens (tertiary/aromatic N) is 3. The Hall–Kier alpha value is -2.61. The number of ether oxygens (including phenoxy) is 2. The number of anilines is 1. The largest absolute Gasteiger partial charge is 0.490 e. The molecule has 1 aromatic heterocycles. The lowest BCUT2D eigenvalue weighted by molar-refractivity contribution is -0.131. The van der Waals surface area contributed by atoms with Crippen LogP contribution in [-0.2, 0) is 16.0 Å². The Morgan fingerprint density at radius 3 is 2.83 bits per heavy atom. The average molecular weight is 428 g/mol. The molecule has 5 rings (SSSR count). The maximum atomic E-state index is 13.1.